The number of hydrogen-bond acceptors (Lipinski definition) is 2. The third-order valence-electron chi connectivity index (χ3n) is 3.73. The van der Waals surface area contributed by atoms with Gasteiger partial charge in [0.2, 0.25) is 5.91 Å². The number of carbonyl (C=O) groups excluding carboxylic acids is 1. The molecule has 0 aliphatic heterocycles. The summed E-state index contributed by atoms with van der Waals surface area (Å²) in [6, 6.07) is 0. The highest BCUT2D eigenvalue weighted by Crippen LogP contribution is 2.27. The second-order valence-corrected chi connectivity index (χ2v) is 5.38. The molecule has 2 saturated carbocycles. The molecule has 3 heteroatoms. The monoisotopic (exact) mass is 224 g/mol. The summed E-state index contributed by atoms with van der Waals surface area (Å²) in [6.07, 6.45) is 9.37. The van der Waals surface area contributed by atoms with Crippen LogP contribution in [0.3, 0.4) is 0 Å². The standard InChI is InChI=1S/C13H24N2O/c16-13(10-14-8-12-6-7-12)15-9-11-4-2-1-3-5-11/h11-12,14H,1-10H2,(H,15,16). The fourth-order valence-electron chi connectivity index (χ4n) is 2.42. The van der Waals surface area contributed by atoms with Crippen molar-refractivity contribution in [3.8, 4) is 0 Å². The SMILES string of the molecule is O=C(CNCC1CC1)NCC1CCCCC1. The maximum atomic E-state index is 11.5. The van der Waals surface area contributed by atoms with Gasteiger partial charge in [0.15, 0.2) is 0 Å². The average molecular weight is 224 g/mol. The zero-order valence-corrected chi connectivity index (χ0v) is 10.1. The molecule has 0 unspecified atom stereocenters. The van der Waals surface area contributed by atoms with Gasteiger partial charge in [-0.3, -0.25) is 4.79 Å². The lowest BCUT2D eigenvalue weighted by Crippen LogP contribution is -2.37. The number of amides is 1. The summed E-state index contributed by atoms with van der Waals surface area (Å²) in [5.74, 6) is 1.76. The Morgan fingerprint density at radius 2 is 1.62 bits per heavy atom. The van der Waals surface area contributed by atoms with Gasteiger partial charge in [0.25, 0.3) is 0 Å². The van der Waals surface area contributed by atoms with Crippen LogP contribution < -0.4 is 10.6 Å². The van der Waals surface area contributed by atoms with E-state index < -0.39 is 0 Å². The lowest BCUT2D eigenvalue weighted by Gasteiger charge is -2.21. The third kappa shape index (κ3) is 4.52. The van der Waals surface area contributed by atoms with Crippen molar-refractivity contribution in [3.05, 3.63) is 0 Å². The van der Waals surface area contributed by atoms with Crippen molar-refractivity contribution >= 4 is 5.91 Å². The lowest BCUT2D eigenvalue weighted by atomic mass is 9.89. The Labute approximate surface area is 98.4 Å². The van der Waals surface area contributed by atoms with Crippen LogP contribution in [0.1, 0.15) is 44.9 Å². The molecule has 1 amide bonds. The summed E-state index contributed by atoms with van der Waals surface area (Å²) in [6.45, 7) is 2.42. The average Bonchev–Trinajstić information content (AvgIpc) is 3.12. The van der Waals surface area contributed by atoms with Crippen LogP contribution >= 0.6 is 0 Å². The predicted octanol–water partition coefficient (Wildman–Crippen LogP) is 1.68. The molecule has 0 saturated heterocycles. The molecule has 2 aliphatic carbocycles. The molecular weight excluding hydrogens is 200 g/mol. The molecule has 0 atom stereocenters. The topological polar surface area (TPSA) is 41.1 Å². The molecule has 92 valence electrons. The number of nitrogens with one attached hydrogen (secondary N) is 2. The van der Waals surface area contributed by atoms with Crippen molar-refractivity contribution in [1.29, 1.82) is 0 Å². The van der Waals surface area contributed by atoms with E-state index in [1.54, 1.807) is 0 Å². The first kappa shape index (κ1) is 11.9. The summed E-state index contributed by atoms with van der Waals surface area (Å²) >= 11 is 0. The van der Waals surface area contributed by atoms with E-state index in [9.17, 15) is 4.79 Å². The van der Waals surface area contributed by atoms with Crippen molar-refractivity contribution in [2.75, 3.05) is 19.6 Å². The first-order valence-corrected chi connectivity index (χ1v) is 6.82. The van der Waals surface area contributed by atoms with E-state index in [2.05, 4.69) is 10.6 Å². The summed E-state index contributed by atoms with van der Waals surface area (Å²) in [7, 11) is 0. The van der Waals surface area contributed by atoms with E-state index in [4.69, 9.17) is 0 Å². The van der Waals surface area contributed by atoms with E-state index in [1.165, 1.54) is 44.9 Å². The Hall–Kier alpha value is -0.570. The zero-order chi connectivity index (χ0) is 11.2. The lowest BCUT2D eigenvalue weighted by molar-refractivity contribution is -0.120. The molecular formula is C13H24N2O. The maximum absolute atomic E-state index is 11.5. The van der Waals surface area contributed by atoms with Gasteiger partial charge in [-0.05, 0) is 44.1 Å². The second-order valence-electron chi connectivity index (χ2n) is 5.38. The Kier molecular flexibility index (Phi) is 4.64. The van der Waals surface area contributed by atoms with Crippen LogP contribution in [-0.4, -0.2) is 25.5 Å². The van der Waals surface area contributed by atoms with E-state index in [0.717, 1.165) is 24.9 Å². The Morgan fingerprint density at radius 1 is 0.938 bits per heavy atom. The molecule has 0 aromatic carbocycles. The van der Waals surface area contributed by atoms with Gasteiger partial charge in [-0.2, -0.15) is 0 Å². The molecule has 16 heavy (non-hydrogen) atoms. The Morgan fingerprint density at radius 3 is 2.31 bits per heavy atom. The quantitative estimate of drug-likeness (QED) is 0.721. The minimum absolute atomic E-state index is 0.172. The largest absolute Gasteiger partial charge is 0.355 e. The molecule has 3 nitrogen and oxygen atoms in total. The van der Waals surface area contributed by atoms with E-state index in [1.807, 2.05) is 0 Å². The van der Waals surface area contributed by atoms with Crippen molar-refractivity contribution in [2.24, 2.45) is 11.8 Å². The van der Waals surface area contributed by atoms with Crippen LogP contribution in [0, 0.1) is 11.8 Å². The van der Waals surface area contributed by atoms with Gasteiger partial charge in [-0.15, -0.1) is 0 Å². The Bertz CT molecular complexity index is 220. The highest BCUT2D eigenvalue weighted by molar-refractivity contribution is 5.77. The van der Waals surface area contributed by atoms with Crippen molar-refractivity contribution in [1.82, 2.24) is 10.6 Å². The van der Waals surface area contributed by atoms with Crippen LogP contribution in [0.5, 0.6) is 0 Å². The predicted molar refractivity (Wildman–Crippen MR) is 65.2 cm³/mol. The van der Waals surface area contributed by atoms with Crippen LogP contribution in [0.4, 0.5) is 0 Å². The van der Waals surface area contributed by atoms with E-state index in [-0.39, 0.29) is 5.91 Å². The van der Waals surface area contributed by atoms with Crippen LogP contribution in [0.25, 0.3) is 0 Å². The number of hydrogen-bond donors (Lipinski definition) is 2. The van der Waals surface area contributed by atoms with Gasteiger partial charge in [0, 0.05) is 6.54 Å². The minimum Gasteiger partial charge on any atom is -0.355 e. The zero-order valence-electron chi connectivity index (χ0n) is 10.1. The van der Waals surface area contributed by atoms with Gasteiger partial charge < -0.3 is 10.6 Å². The molecule has 0 radical (unpaired) electrons. The molecule has 0 bridgehead atoms. The number of rotatable bonds is 6. The fraction of sp³-hybridized carbons (Fsp3) is 0.923. The maximum Gasteiger partial charge on any atom is 0.233 e. The first-order valence-electron chi connectivity index (χ1n) is 6.82. The summed E-state index contributed by atoms with van der Waals surface area (Å²) in [5, 5.41) is 6.27. The van der Waals surface area contributed by atoms with Crippen LogP contribution in [0.15, 0.2) is 0 Å². The molecule has 0 spiro atoms. The van der Waals surface area contributed by atoms with E-state index >= 15 is 0 Å². The van der Waals surface area contributed by atoms with Gasteiger partial charge in [0.05, 0.1) is 6.54 Å². The summed E-state index contributed by atoms with van der Waals surface area (Å²) in [5.41, 5.74) is 0. The molecule has 2 rings (SSSR count). The fourth-order valence-corrected chi connectivity index (χ4v) is 2.42. The normalized spacial score (nSPS) is 22.0. The molecule has 2 aliphatic rings. The van der Waals surface area contributed by atoms with Crippen LogP contribution in [0.2, 0.25) is 0 Å². The number of carbonyl (C=O) groups is 1. The molecule has 0 aromatic heterocycles. The second kappa shape index (κ2) is 6.24. The molecule has 2 fully saturated rings. The smallest absolute Gasteiger partial charge is 0.233 e. The third-order valence-corrected chi connectivity index (χ3v) is 3.73. The van der Waals surface area contributed by atoms with Crippen molar-refractivity contribution < 1.29 is 4.79 Å². The molecule has 2 N–H and O–H groups in total. The molecule has 0 heterocycles. The summed E-state index contributed by atoms with van der Waals surface area (Å²) in [4.78, 5) is 11.5. The van der Waals surface area contributed by atoms with Gasteiger partial charge >= 0.3 is 0 Å². The summed E-state index contributed by atoms with van der Waals surface area (Å²) < 4.78 is 0. The van der Waals surface area contributed by atoms with Gasteiger partial charge in [0.1, 0.15) is 0 Å². The van der Waals surface area contributed by atoms with Gasteiger partial charge in [-0.1, -0.05) is 19.3 Å². The Balaban J connectivity index is 1.48. The molecule has 0 aromatic rings. The minimum atomic E-state index is 0.172. The highest BCUT2D eigenvalue weighted by Gasteiger charge is 2.20. The van der Waals surface area contributed by atoms with Crippen molar-refractivity contribution in [3.63, 3.8) is 0 Å². The van der Waals surface area contributed by atoms with Crippen LogP contribution in [-0.2, 0) is 4.79 Å². The highest BCUT2D eigenvalue weighted by atomic mass is 16.1. The van der Waals surface area contributed by atoms with Crippen molar-refractivity contribution in [2.45, 2.75) is 44.9 Å². The first-order chi connectivity index (χ1) is 7.84. The van der Waals surface area contributed by atoms with Gasteiger partial charge in [-0.25, -0.2) is 0 Å². The van der Waals surface area contributed by atoms with E-state index in [0.29, 0.717) is 6.54 Å².